The minimum Gasteiger partial charge on any atom is -0.486 e. The number of carbonyl (C=O) groups excluding carboxylic acids is 2. The number of benzene rings is 3. The molecule has 4 rings (SSSR count). The molecule has 1 heterocycles. The second-order valence-electron chi connectivity index (χ2n) is 7.34. The van der Waals surface area contributed by atoms with Crippen molar-refractivity contribution in [3.05, 3.63) is 77.6 Å². The van der Waals surface area contributed by atoms with Crippen molar-refractivity contribution in [1.29, 1.82) is 0 Å². The van der Waals surface area contributed by atoms with Crippen molar-refractivity contribution < 1.29 is 45.4 Å². The summed E-state index contributed by atoms with van der Waals surface area (Å²) in [5, 5.41) is 1.96. The predicted molar refractivity (Wildman–Crippen MR) is 120 cm³/mol. The summed E-state index contributed by atoms with van der Waals surface area (Å²) in [7, 11) is -3.98. The number of carbonyl (C=O) groups is 2. The summed E-state index contributed by atoms with van der Waals surface area (Å²) in [5.41, 5.74) is -0.485. The molecular weight excluding hydrogens is 505 g/mol. The van der Waals surface area contributed by atoms with Gasteiger partial charge in [-0.25, -0.2) is 26.4 Å². The van der Waals surface area contributed by atoms with Crippen LogP contribution in [-0.2, 0) is 19.6 Å². The number of hydrogen-bond donors (Lipinski definition) is 2. The molecule has 0 radical (unpaired) electrons. The molecule has 0 aromatic heterocycles. The second kappa shape index (κ2) is 10.2. The lowest BCUT2D eigenvalue weighted by Gasteiger charge is -2.19. The lowest BCUT2D eigenvalue weighted by Crippen LogP contribution is -2.22. The fourth-order valence-electron chi connectivity index (χ4n) is 3.10. The van der Waals surface area contributed by atoms with Gasteiger partial charge in [-0.3, -0.25) is 9.52 Å². The maximum atomic E-state index is 13.6. The summed E-state index contributed by atoms with van der Waals surface area (Å²) in [6.07, 6.45) is 0. The van der Waals surface area contributed by atoms with Crippen LogP contribution in [0.3, 0.4) is 0 Å². The number of sulfonamides is 1. The van der Waals surface area contributed by atoms with Gasteiger partial charge in [0.25, 0.3) is 15.9 Å². The molecule has 1 amide bonds. The number of hydrogen-bond acceptors (Lipinski definition) is 7. The number of halogens is 3. The van der Waals surface area contributed by atoms with E-state index in [4.69, 9.17) is 14.2 Å². The SMILES string of the molecule is O=C(COC(=O)c1ccc(NS(=O)(=O)c2ccc3c(c2)OCCO3)cc1)Nc1ccc(F)c(F)c1F. The van der Waals surface area contributed by atoms with E-state index in [-0.39, 0.29) is 16.1 Å². The van der Waals surface area contributed by atoms with Crippen LogP contribution in [0.25, 0.3) is 0 Å². The molecular formula is C23H17F3N2O7S. The van der Waals surface area contributed by atoms with E-state index in [2.05, 4.69) is 4.72 Å². The molecule has 3 aromatic rings. The summed E-state index contributed by atoms with van der Waals surface area (Å²) < 4.78 is 83.1. The lowest BCUT2D eigenvalue weighted by atomic mass is 10.2. The average molecular weight is 522 g/mol. The zero-order valence-electron chi connectivity index (χ0n) is 18.2. The number of nitrogens with one attached hydrogen (secondary N) is 2. The minimum absolute atomic E-state index is 0.0101. The van der Waals surface area contributed by atoms with Gasteiger partial charge in [0.15, 0.2) is 35.6 Å². The molecule has 0 bridgehead atoms. The predicted octanol–water partition coefficient (Wildman–Crippen LogP) is 3.47. The zero-order chi connectivity index (χ0) is 25.9. The Kier molecular flexibility index (Phi) is 7.01. The van der Waals surface area contributed by atoms with E-state index in [1.165, 1.54) is 42.5 Å². The van der Waals surface area contributed by atoms with Crippen molar-refractivity contribution in [3.63, 3.8) is 0 Å². The molecule has 0 saturated carbocycles. The molecule has 188 valence electrons. The molecule has 0 atom stereocenters. The first kappa shape index (κ1) is 24.9. The Hall–Kier alpha value is -4.26. The maximum absolute atomic E-state index is 13.6. The van der Waals surface area contributed by atoms with E-state index in [0.29, 0.717) is 30.8 Å². The van der Waals surface area contributed by atoms with Gasteiger partial charge in [0.05, 0.1) is 16.1 Å². The topological polar surface area (TPSA) is 120 Å². The summed E-state index contributed by atoms with van der Waals surface area (Å²) in [6.45, 7) is -0.176. The normalized spacial score (nSPS) is 12.5. The fraction of sp³-hybridized carbons (Fsp3) is 0.130. The van der Waals surface area contributed by atoms with Gasteiger partial charge in [-0.15, -0.1) is 0 Å². The first-order chi connectivity index (χ1) is 17.1. The van der Waals surface area contributed by atoms with Gasteiger partial charge in [-0.05, 0) is 48.5 Å². The molecule has 0 fully saturated rings. The summed E-state index contributed by atoms with van der Waals surface area (Å²) in [6, 6.07) is 10.8. The Balaban J connectivity index is 1.34. The fourth-order valence-corrected chi connectivity index (χ4v) is 4.18. The smallest absolute Gasteiger partial charge is 0.338 e. The van der Waals surface area contributed by atoms with Crippen LogP contribution in [0, 0.1) is 17.5 Å². The van der Waals surface area contributed by atoms with Crippen LogP contribution in [0.2, 0.25) is 0 Å². The van der Waals surface area contributed by atoms with E-state index < -0.39 is 51.6 Å². The van der Waals surface area contributed by atoms with Crippen LogP contribution < -0.4 is 19.5 Å². The third-order valence-corrected chi connectivity index (χ3v) is 6.22. The molecule has 0 aliphatic carbocycles. The molecule has 1 aliphatic heterocycles. The highest BCUT2D eigenvalue weighted by Gasteiger charge is 2.20. The molecule has 0 unspecified atom stereocenters. The Labute approximate surface area is 202 Å². The molecule has 9 nitrogen and oxygen atoms in total. The zero-order valence-corrected chi connectivity index (χ0v) is 19.0. The number of anilines is 2. The maximum Gasteiger partial charge on any atom is 0.338 e. The minimum atomic E-state index is -3.98. The van der Waals surface area contributed by atoms with Crippen LogP contribution in [0.15, 0.2) is 59.5 Å². The number of esters is 1. The first-order valence-corrected chi connectivity index (χ1v) is 11.8. The van der Waals surface area contributed by atoms with Crippen molar-refractivity contribution in [2.45, 2.75) is 4.90 Å². The highest BCUT2D eigenvalue weighted by Crippen LogP contribution is 2.32. The van der Waals surface area contributed by atoms with Gasteiger partial charge in [-0.1, -0.05) is 0 Å². The van der Waals surface area contributed by atoms with Gasteiger partial charge < -0.3 is 19.5 Å². The summed E-state index contributed by atoms with van der Waals surface area (Å²) in [5.74, 6) is -5.95. The third kappa shape index (κ3) is 5.51. The second-order valence-corrected chi connectivity index (χ2v) is 9.02. The Bertz CT molecular complexity index is 1430. The van der Waals surface area contributed by atoms with Crippen LogP contribution in [0.4, 0.5) is 24.5 Å². The van der Waals surface area contributed by atoms with Crippen LogP contribution >= 0.6 is 0 Å². The molecule has 2 N–H and O–H groups in total. The summed E-state index contributed by atoms with van der Waals surface area (Å²) in [4.78, 5) is 24.0. The van der Waals surface area contributed by atoms with E-state index in [0.717, 1.165) is 6.07 Å². The monoisotopic (exact) mass is 522 g/mol. The third-order valence-electron chi connectivity index (χ3n) is 4.84. The van der Waals surface area contributed by atoms with Gasteiger partial charge in [0.2, 0.25) is 0 Å². The van der Waals surface area contributed by atoms with Crippen molar-refractivity contribution in [1.82, 2.24) is 0 Å². The molecule has 1 aliphatic rings. The molecule has 0 saturated heterocycles. The van der Waals surface area contributed by atoms with Gasteiger partial charge >= 0.3 is 5.97 Å². The first-order valence-electron chi connectivity index (χ1n) is 10.3. The number of amides is 1. The number of ether oxygens (including phenoxy) is 3. The molecule has 36 heavy (non-hydrogen) atoms. The highest BCUT2D eigenvalue weighted by atomic mass is 32.2. The molecule has 3 aromatic carbocycles. The quantitative estimate of drug-likeness (QED) is 0.360. The van der Waals surface area contributed by atoms with Crippen molar-refractivity contribution in [3.8, 4) is 11.5 Å². The largest absolute Gasteiger partial charge is 0.486 e. The number of rotatable bonds is 7. The Morgan fingerprint density at radius 3 is 2.31 bits per heavy atom. The van der Waals surface area contributed by atoms with Crippen LogP contribution in [0.1, 0.15) is 10.4 Å². The van der Waals surface area contributed by atoms with E-state index in [1.54, 1.807) is 0 Å². The van der Waals surface area contributed by atoms with Crippen LogP contribution in [-0.4, -0.2) is 40.1 Å². The van der Waals surface area contributed by atoms with E-state index in [9.17, 15) is 31.2 Å². The van der Waals surface area contributed by atoms with Gasteiger partial charge in [0, 0.05) is 11.8 Å². The van der Waals surface area contributed by atoms with Crippen LogP contribution in [0.5, 0.6) is 11.5 Å². The Morgan fingerprint density at radius 1 is 0.889 bits per heavy atom. The van der Waals surface area contributed by atoms with Crippen molar-refractivity contribution >= 4 is 33.3 Å². The van der Waals surface area contributed by atoms with Crippen molar-refractivity contribution in [2.75, 3.05) is 29.9 Å². The lowest BCUT2D eigenvalue weighted by molar-refractivity contribution is -0.119. The standard InChI is InChI=1S/C23H17F3N2O7S/c24-16-6-7-17(22(26)21(16)25)27-20(29)12-35-23(30)13-1-3-14(4-2-13)28-36(31,32)15-5-8-18-19(11-15)34-10-9-33-18/h1-8,11,28H,9-10,12H2,(H,27,29). The Morgan fingerprint density at radius 2 is 1.58 bits per heavy atom. The van der Waals surface area contributed by atoms with Crippen molar-refractivity contribution in [2.24, 2.45) is 0 Å². The summed E-state index contributed by atoms with van der Waals surface area (Å²) >= 11 is 0. The molecule has 13 heteroatoms. The average Bonchev–Trinajstić information content (AvgIpc) is 2.87. The van der Waals surface area contributed by atoms with E-state index >= 15 is 0 Å². The molecule has 0 spiro atoms. The highest BCUT2D eigenvalue weighted by molar-refractivity contribution is 7.92. The number of fused-ring (bicyclic) bond motifs is 1. The van der Waals surface area contributed by atoms with Gasteiger partial charge in [0.1, 0.15) is 13.2 Å². The van der Waals surface area contributed by atoms with Gasteiger partial charge in [-0.2, -0.15) is 0 Å². The van der Waals surface area contributed by atoms with E-state index in [1.807, 2.05) is 5.32 Å².